The van der Waals surface area contributed by atoms with E-state index < -0.39 is 0 Å². The number of nitrogens with two attached hydrogens (primary N) is 1. The molecule has 0 aromatic heterocycles. The molecule has 1 aromatic rings. The van der Waals surface area contributed by atoms with Crippen molar-refractivity contribution in [1.29, 1.82) is 0 Å². The van der Waals surface area contributed by atoms with Gasteiger partial charge in [-0.25, -0.2) is 0 Å². The van der Waals surface area contributed by atoms with Crippen LogP contribution >= 0.6 is 0 Å². The Kier molecular flexibility index (Phi) is 2.50. The molecule has 5 rings (SSSR count). The topological polar surface area (TPSA) is 26.0 Å². The van der Waals surface area contributed by atoms with Gasteiger partial charge in [0.25, 0.3) is 0 Å². The Morgan fingerprint density at radius 3 is 2.20 bits per heavy atom. The van der Waals surface area contributed by atoms with E-state index in [4.69, 9.17) is 5.73 Å². The number of aryl methyl sites for hydroxylation is 1. The van der Waals surface area contributed by atoms with Gasteiger partial charge in [0.05, 0.1) is 0 Å². The Labute approximate surface area is 122 Å². The van der Waals surface area contributed by atoms with E-state index in [0.717, 1.165) is 11.8 Å². The fourth-order valence-corrected chi connectivity index (χ4v) is 6.18. The first-order chi connectivity index (χ1) is 9.41. The predicted molar refractivity (Wildman–Crippen MR) is 83.9 cm³/mol. The third-order valence-electron chi connectivity index (χ3n) is 6.74. The van der Waals surface area contributed by atoms with Crippen molar-refractivity contribution < 1.29 is 0 Å². The highest BCUT2D eigenvalue weighted by atomic mass is 14.8. The summed E-state index contributed by atoms with van der Waals surface area (Å²) in [5, 5.41) is 0. The van der Waals surface area contributed by atoms with E-state index in [1.165, 1.54) is 55.2 Å². The Bertz CT molecular complexity index is 557. The second-order valence-electron chi connectivity index (χ2n) is 8.28. The zero-order chi connectivity index (χ0) is 14.1. The Morgan fingerprint density at radius 2 is 1.60 bits per heavy atom. The van der Waals surface area contributed by atoms with Crippen molar-refractivity contribution in [1.82, 2.24) is 0 Å². The molecule has 1 nitrogen and oxygen atoms in total. The quantitative estimate of drug-likeness (QED) is 0.814. The summed E-state index contributed by atoms with van der Waals surface area (Å²) < 4.78 is 0. The second kappa shape index (κ2) is 3.88. The third-order valence-corrected chi connectivity index (χ3v) is 6.74. The molecule has 0 aliphatic heterocycles. The average Bonchev–Trinajstić information content (AvgIpc) is 2.32. The molecule has 2 N–H and O–H groups in total. The minimum absolute atomic E-state index is 0.148. The molecule has 0 radical (unpaired) electrons. The molecule has 20 heavy (non-hydrogen) atoms. The third kappa shape index (κ3) is 1.65. The normalized spacial score (nSPS) is 42.2. The summed E-state index contributed by atoms with van der Waals surface area (Å²) in [7, 11) is 0. The SMILES string of the molecule is Cc1ccc(C23CC4CC(CC(N)(C4)C2)C3)c(C)c1C. The maximum atomic E-state index is 6.76. The van der Waals surface area contributed by atoms with Crippen LogP contribution in [-0.4, -0.2) is 5.54 Å². The van der Waals surface area contributed by atoms with Crippen molar-refractivity contribution in [2.75, 3.05) is 0 Å². The molecule has 0 saturated heterocycles. The fraction of sp³-hybridized carbons (Fsp3) is 0.684. The molecule has 4 bridgehead atoms. The molecular weight excluding hydrogens is 242 g/mol. The Hall–Kier alpha value is -0.820. The number of hydrogen-bond donors (Lipinski definition) is 1. The summed E-state index contributed by atoms with van der Waals surface area (Å²) in [5.74, 6) is 1.78. The van der Waals surface area contributed by atoms with Crippen LogP contribution in [0.2, 0.25) is 0 Å². The van der Waals surface area contributed by atoms with E-state index in [1.54, 1.807) is 5.56 Å². The van der Waals surface area contributed by atoms with Crippen LogP contribution in [-0.2, 0) is 5.41 Å². The van der Waals surface area contributed by atoms with Gasteiger partial charge in [-0.2, -0.15) is 0 Å². The molecule has 0 heterocycles. The largest absolute Gasteiger partial charge is 0.325 e. The summed E-state index contributed by atoms with van der Waals surface area (Å²) in [6.45, 7) is 6.85. The minimum Gasteiger partial charge on any atom is -0.325 e. The zero-order valence-corrected chi connectivity index (χ0v) is 13.1. The van der Waals surface area contributed by atoms with Crippen molar-refractivity contribution in [2.45, 2.75) is 70.3 Å². The number of benzene rings is 1. The summed E-state index contributed by atoms with van der Waals surface area (Å²) in [6, 6.07) is 4.76. The van der Waals surface area contributed by atoms with Crippen LogP contribution in [0.5, 0.6) is 0 Å². The van der Waals surface area contributed by atoms with Crippen molar-refractivity contribution in [3.05, 3.63) is 34.4 Å². The molecular formula is C19H27N. The molecule has 4 saturated carbocycles. The van der Waals surface area contributed by atoms with Crippen LogP contribution in [0.3, 0.4) is 0 Å². The van der Waals surface area contributed by atoms with Crippen LogP contribution in [0.1, 0.15) is 60.8 Å². The van der Waals surface area contributed by atoms with Gasteiger partial charge in [-0.15, -0.1) is 0 Å². The van der Waals surface area contributed by atoms with Crippen LogP contribution in [0.25, 0.3) is 0 Å². The molecule has 2 unspecified atom stereocenters. The van der Waals surface area contributed by atoms with Gasteiger partial charge in [0.15, 0.2) is 0 Å². The van der Waals surface area contributed by atoms with E-state index in [1.807, 2.05) is 0 Å². The smallest absolute Gasteiger partial charge is 0.0168 e. The maximum absolute atomic E-state index is 6.76. The lowest BCUT2D eigenvalue weighted by molar-refractivity contribution is -0.0230. The van der Waals surface area contributed by atoms with E-state index in [0.29, 0.717) is 5.41 Å². The zero-order valence-electron chi connectivity index (χ0n) is 13.1. The van der Waals surface area contributed by atoms with Crippen molar-refractivity contribution in [3.63, 3.8) is 0 Å². The van der Waals surface area contributed by atoms with Crippen molar-refractivity contribution in [2.24, 2.45) is 17.6 Å². The molecule has 108 valence electrons. The van der Waals surface area contributed by atoms with Crippen molar-refractivity contribution >= 4 is 0 Å². The molecule has 4 fully saturated rings. The summed E-state index contributed by atoms with van der Waals surface area (Å²) in [5.41, 5.74) is 13.4. The lowest BCUT2D eigenvalue weighted by Gasteiger charge is -2.61. The van der Waals surface area contributed by atoms with E-state index in [-0.39, 0.29) is 5.54 Å². The van der Waals surface area contributed by atoms with Crippen LogP contribution in [0, 0.1) is 32.6 Å². The van der Waals surface area contributed by atoms with Gasteiger partial charge in [-0.1, -0.05) is 12.1 Å². The molecule has 4 aliphatic rings. The molecule has 2 atom stereocenters. The van der Waals surface area contributed by atoms with E-state index in [9.17, 15) is 0 Å². The van der Waals surface area contributed by atoms with Gasteiger partial charge >= 0.3 is 0 Å². The van der Waals surface area contributed by atoms with E-state index in [2.05, 4.69) is 32.9 Å². The molecule has 0 amide bonds. The Balaban J connectivity index is 1.84. The lowest BCUT2D eigenvalue weighted by Crippen LogP contribution is -2.61. The van der Waals surface area contributed by atoms with Gasteiger partial charge in [0, 0.05) is 5.54 Å². The van der Waals surface area contributed by atoms with Crippen LogP contribution in [0.15, 0.2) is 12.1 Å². The monoisotopic (exact) mass is 269 g/mol. The van der Waals surface area contributed by atoms with Gasteiger partial charge in [-0.05, 0) is 98.8 Å². The maximum Gasteiger partial charge on any atom is 0.0168 e. The summed E-state index contributed by atoms with van der Waals surface area (Å²) >= 11 is 0. The first-order valence-corrected chi connectivity index (χ1v) is 8.27. The number of rotatable bonds is 1. The highest BCUT2D eigenvalue weighted by molar-refractivity contribution is 5.44. The lowest BCUT2D eigenvalue weighted by atomic mass is 9.45. The first-order valence-electron chi connectivity index (χ1n) is 8.27. The molecule has 1 heteroatoms. The Morgan fingerprint density at radius 1 is 0.950 bits per heavy atom. The van der Waals surface area contributed by atoms with Gasteiger partial charge in [-0.3, -0.25) is 0 Å². The molecule has 0 spiro atoms. The minimum atomic E-state index is 0.148. The van der Waals surface area contributed by atoms with Crippen LogP contribution in [0.4, 0.5) is 0 Å². The van der Waals surface area contributed by atoms with Gasteiger partial charge in [0.1, 0.15) is 0 Å². The van der Waals surface area contributed by atoms with E-state index >= 15 is 0 Å². The highest BCUT2D eigenvalue weighted by Gasteiger charge is 2.57. The summed E-state index contributed by atoms with van der Waals surface area (Å²) in [6.07, 6.45) is 8.04. The molecule has 1 aromatic carbocycles. The first kappa shape index (κ1) is 12.9. The van der Waals surface area contributed by atoms with Gasteiger partial charge in [0.2, 0.25) is 0 Å². The number of hydrogen-bond acceptors (Lipinski definition) is 1. The standard InChI is InChI=1S/C19H27N/c1-12-4-5-17(14(3)13(12)2)18-7-15-6-16(8-18)10-19(20,9-15)11-18/h4-5,15-16H,6-11,20H2,1-3H3. The van der Waals surface area contributed by atoms with Gasteiger partial charge < -0.3 is 5.73 Å². The van der Waals surface area contributed by atoms with Crippen molar-refractivity contribution in [3.8, 4) is 0 Å². The second-order valence-corrected chi connectivity index (χ2v) is 8.28. The van der Waals surface area contributed by atoms with Crippen LogP contribution < -0.4 is 5.73 Å². The fourth-order valence-electron chi connectivity index (χ4n) is 6.18. The highest BCUT2D eigenvalue weighted by Crippen LogP contribution is 2.61. The molecule has 4 aliphatic carbocycles. The summed E-state index contributed by atoms with van der Waals surface area (Å²) in [4.78, 5) is 0. The predicted octanol–water partition coefficient (Wildman–Crippen LogP) is 4.16. The average molecular weight is 269 g/mol.